The predicted molar refractivity (Wildman–Crippen MR) is 85.7 cm³/mol. The van der Waals surface area contributed by atoms with Gasteiger partial charge in [-0.1, -0.05) is 23.2 Å². The van der Waals surface area contributed by atoms with Crippen molar-refractivity contribution in [3.63, 3.8) is 0 Å². The van der Waals surface area contributed by atoms with Crippen LogP contribution in [0.4, 0.5) is 0 Å². The number of amides is 1. The van der Waals surface area contributed by atoms with Gasteiger partial charge in [-0.25, -0.2) is 4.98 Å². The number of hydrogen-bond acceptors (Lipinski definition) is 3. The van der Waals surface area contributed by atoms with Crippen molar-refractivity contribution in [1.29, 1.82) is 0 Å². The van der Waals surface area contributed by atoms with E-state index < -0.39 is 6.10 Å². The van der Waals surface area contributed by atoms with E-state index in [1.807, 2.05) is 17.8 Å². The number of benzene rings is 1. The molecule has 1 N–H and O–H groups in total. The van der Waals surface area contributed by atoms with Crippen molar-refractivity contribution >= 4 is 29.1 Å². The molecule has 0 spiro atoms. The van der Waals surface area contributed by atoms with Gasteiger partial charge < -0.3 is 14.6 Å². The normalized spacial score (nSPS) is 12.2. The molecular weight excluding hydrogens is 325 g/mol. The Labute approximate surface area is 139 Å². The molecule has 0 aliphatic carbocycles. The molecule has 1 unspecified atom stereocenters. The standard InChI is InChI=1S/C15H17Cl2N3O2/c1-19-4-3-18-14(19)9-20(2)15(22)8-13(21)10-5-11(16)7-12(17)6-10/h3-7,13,21H,8-9H2,1-2H3. The van der Waals surface area contributed by atoms with E-state index in [9.17, 15) is 9.90 Å². The Morgan fingerprint density at radius 3 is 2.55 bits per heavy atom. The third-order valence-electron chi connectivity index (χ3n) is 3.36. The number of aliphatic hydroxyl groups excluding tert-OH is 1. The van der Waals surface area contributed by atoms with Gasteiger partial charge in [0.2, 0.25) is 5.91 Å². The Balaban J connectivity index is 1.99. The molecule has 2 rings (SSSR count). The Bertz CT molecular complexity index is 652. The summed E-state index contributed by atoms with van der Waals surface area (Å²) in [6.45, 7) is 0.380. The lowest BCUT2D eigenvalue weighted by Gasteiger charge is -2.19. The van der Waals surface area contributed by atoms with Crippen molar-refractivity contribution in [3.8, 4) is 0 Å². The second kappa shape index (κ2) is 7.13. The number of halogens is 2. The predicted octanol–water partition coefficient (Wildman–Crippen LogP) is 2.81. The van der Waals surface area contributed by atoms with Crippen molar-refractivity contribution in [2.75, 3.05) is 7.05 Å². The Kier molecular flexibility index (Phi) is 5.45. The molecule has 0 bridgehead atoms. The third-order valence-corrected chi connectivity index (χ3v) is 3.80. The van der Waals surface area contributed by atoms with Crippen molar-refractivity contribution in [2.45, 2.75) is 19.1 Å². The lowest BCUT2D eigenvalue weighted by Crippen LogP contribution is -2.28. The number of aromatic nitrogens is 2. The smallest absolute Gasteiger partial charge is 0.225 e. The number of nitrogens with zero attached hydrogens (tertiary/aromatic N) is 3. The van der Waals surface area contributed by atoms with Crippen molar-refractivity contribution in [3.05, 3.63) is 52.0 Å². The van der Waals surface area contributed by atoms with Gasteiger partial charge in [0.15, 0.2) is 0 Å². The topological polar surface area (TPSA) is 58.4 Å². The van der Waals surface area contributed by atoms with Crippen LogP contribution in [0.25, 0.3) is 0 Å². The molecule has 0 saturated carbocycles. The molecule has 1 heterocycles. The third kappa shape index (κ3) is 4.22. The summed E-state index contributed by atoms with van der Waals surface area (Å²) in [5.41, 5.74) is 0.524. The first kappa shape index (κ1) is 16.8. The zero-order valence-corrected chi connectivity index (χ0v) is 13.8. The van der Waals surface area contributed by atoms with E-state index in [0.717, 1.165) is 5.82 Å². The minimum absolute atomic E-state index is 0.0441. The van der Waals surface area contributed by atoms with Crippen LogP contribution in [-0.4, -0.2) is 32.5 Å². The molecule has 118 valence electrons. The lowest BCUT2D eigenvalue weighted by atomic mass is 10.1. The van der Waals surface area contributed by atoms with Crippen LogP contribution in [0.2, 0.25) is 10.0 Å². The Hall–Kier alpha value is -1.56. The molecule has 2 aromatic rings. The average molecular weight is 342 g/mol. The summed E-state index contributed by atoms with van der Waals surface area (Å²) in [7, 11) is 3.54. The quantitative estimate of drug-likeness (QED) is 0.909. The zero-order valence-electron chi connectivity index (χ0n) is 12.3. The molecule has 7 heteroatoms. The summed E-state index contributed by atoms with van der Waals surface area (Å²) in [5.74, 6) is 0.586. The van der Waals surface area contributed by atoms with E-state index in [1.54, 1.807) is 31.4 Å². The summed E-state index contributed by atoms with van der Waals surface area (Å²) in [4.78, 5) is 17.9. The van der Waals surface area contributed by atoms with Gasteiger partial charge in [-0.3, -0.25) is 4.79 Å². The second-order valence-corrected chi connectivity index (χ2v) is 6.00. The Morgan fingerprint density at radius 2 is 2.00 bits per heavy atom. The highest BCUT2D eigenvalue weighted by atomic mass is 35.5. The number of hydrogen-bond donors (Lipinski definition) is 1. The molecule has 22 heavy (non-hydrogen) atoms. The maximum absolute atomic E-state index is 12.2. The number of carbonyl (C=O) groups is 1. The number of aryl methyl sites for hydroxylation is 1. The highest BCUT2D eigenvalue weighted by molar-refractivity contribution is 6.34. The summed E-state index contributed by atoms with van der Waals surface area (Å²) >= 11 is 11.8. The zero-order chi connectivity index (χ0) is 16.3. The SMILES string of the molecule is CN(Cc1nccn1C)C(=O)CC(O)c1cc(Cl)cc(Cl)c1. The van der Waals surface area contributed by atoms with Crippen LogP contribution in [0, 0.1) is 0 Å². The number of imidazole rings is 1. The molecule has 0 aliphatic heterocycles. The first-order valence-electron chi connectivity index (χ1n) is 6.71. The summed E-state index contributed by atoms with van der Waals surface area (Å²) in [6.07, 6.45) is 2.50. The largest absolute Gasteiger partial charge is 0.388 e. The molecule has 1 aromatic heterocycles. The van der Waals surface area contributed by atoms with Crippen LogP contribution >= 0.6 is 23.2 Å². The Morgan fingerprint density at radius 1 is 1.36 bits per heavy atom. The summed E-state index contributed by atoms with van der Waals surface area (Å²) in [6, 6.07) is 4.78. The molecule has 0 saturated heterocycles. The van der Waals surface area contributed by atoms with E-state index in [-0.39, 0.29) is 12.3 Å². The van der Waals surface area contributed by atoms with E-state index in [0.29, 0.717) is 22.2 Å². The van der Waals surface area contributed by atoms with Gasteiger partial charge in [0.25, 0.3) is 0 Å². The highest BCUT2D eigenvalue weighted by Gasteiger charge is 2.18. The van der Waals surface area contributed by atoms with E-state index >= 15 is 0 Å². The fraction of sp³-hybridized carbons (Fsp3) is 0.333. The monoisotopic (exact) mass is 341 g/mol. The lowest BCUT2D eigenvalue weighted by molar-refractivity contribution is -0.132. The van der Waals surface area contributed by atoms with Gasteiger partial charge in [-0.15, -0.1) is 0 Å². The van der Waals surface area contributed by atoms with Crippen LogP contribution in [0.1, 0.15) is 23.9 Å². The fourth-order valence-corrected chi connectivity index (χ4v) is 2.60. The van der Waals surface area contributed by atoms with Crippen LogP contribution in [0.15, 0.2) is 30.6 Å². The molecule has 0 aliphatic rings. The molecule has 1 atom stereocenters. The van der Waals surface area contributed by atoms with Crippen molar-refractivity contribution < 1.29 is 9.90 Å². The maximum atomic E-state index is 12.2. The number of rotatable bonds is 5. The van der Waals surface area contributed by atoms with Gasteiger partial charge in [0.1, 0.15) is 5.82 Å². The van der Waals surface area contributed by atoms with E-state index in [1.165, 1.54) is 4.90 Å². The summed E-state index contributed by atoms with van der Waals surface area (Å²) < 4.78 is 1.84. The summed E-state index contributed by atoms with van der Waals surface area (Å²) in [5, 5.41) is 11.0. The van der Waals surface area contributed by atoms with Gasteiger partial charge in [0.05, 0.1) is 19.1 Å². The maximum Gasteiger partial charge on any atom is 0.225 e. The van der Waals surface area contributed by atoms with Crippen molar-refractivity contribution in [1.82, 2.24) is 14.5 Å². The van der Waals surface area contributed by atoms with Crippen LogP contribution in [0.3, 0.4) is 0 Å². The van der Waals surface area contributed by atoms with Gasteiger partial charge in [-0.05, 0) is 23.8 Å². The van der Waals surface area contributed by atoms with Gasteiger partial charge >= 0.3 is 0 Å². The van der Waals surface area contributed by atoms with Crippen molar-refractivity contribution in [2.24, 2.45) is 7.05 Å². The van der Waals surface area contributed by atoms with Crippen LogP contribution in [-0.2, 0) is 18.4 Å². The van der Waals surface area contributed by atoms with E-state index in [2.05, 4.69) is 4.98 Å². The highest BCUT2D eigenvalue weighted by Crippen LogP contribution is 2.25. The van der Waals surface area contributed by atoms with Crippen LogP contribution in [0.5, 0.6) is 0 Å². The van der Waals surface area contributed by atoms with Gasteiger partial charge in [0, 0.05) is 36.5 Å². The molecule has 1 amide bonds. The first-order valence-corrected chi connectivity index (χ1v) is 7.46. The average Bonchev–Trinajstić information content (AvgIpc) is 2.83. The molecule has 5 nitrogen and oxygen atoms in total. The minimum Gasteiger partial charge on any atom is -0.388 e. The first-order chi connectivity index (χ1) is 10.4. The van der Waals surface area contributed by atoms with Gasteiger partial charge in [-0.2, -0.15) is 0 Å². The second-order valence-electron chi connectivity index (χ2n) is 5.13. The number of aliphatic hydroxyl groups is 1. The molecule has 0 fully saturated rings. The minimum atomic E-state index is -0.951. The molecule has 1 aromatic carbocycles. The van der Waals surface area contributed by atoms with E-state index in [4.69, 9.17) is 23.2 Å². The number of carbonyl (C=O) groups excluding carboxylic acids is 1. The fourth-order valence-electron chi connectivity index (χ4n) is 2.06. The molecular formula is C15H17Cl2N3O2. The van der Waals surface area contributed by atoms with Crippen LogP contribution < -0.4 is 0 Å². The molecule has 0 radical (unpaired) electrons.